The molecule has 1 atom stereocenters. The van der Waals surface area contributed by atoms with Gasteiger partial charge in [0.15, 0.2) is 0 Å². The van der Waals surface area contributed by atoms with Gasteiger partial charge in [-0.05, 0) is 25.8 Å². The van der Waals surface area contributed by atoms with Crippen molar-refractivity contribution in [2.24, 2.45) is 0 Å². The van der Waals surface area contributed by atoms with Crippen LogP contribution in [0.4, 0.5) is 0 Å². The van der Waals surface area contributed by atoms with E-state index in [9.17, 15) is 9.59 Å². The number of carbonyl (C=O) groups excluding carboxylic acids is 2. The van der Waals surface area contributed by atoms with Crippen LogP contribution in [0, 0.1) is 0 Å². The Balaban J connectivity index is 2.22. The van der Waals surface area contributed by atoms with Crippen LogP contribution >= 0.6 is 0 Å². The van der Waals surface area contributed by atoms with Crippen molar-refractivity contribution in [1.82, 2.24) is 15.5 Å². The molecule has 0 aromatic carbocycles. The highest BCUT2D eigenvalue weighted by Crippen LogP contribution is 2.08. The van der Waals surface area contributed by atoms with Gasteiger partial charge in [-0.3, -0.25) is 9.59 Å². The molecule has 1 saturated heterocycles. The molecule has 0 radical (unpaired) electrons. The summed E-state index contributed by atoms with van der Waals surface area (Å²) in [5.41, 5.74) is 0. The van der Waals surface area contributed by atoms with Gasteiger partial charge in [-0.15, -0.1) is 0 Å². The molecule has 1 rings (SSSR count). The fourth-order valence-corrected chi connectivity index (χ4v) is 2.12. The van der Waals surface area contributed by atoms with Gasteiger partial charge < -0.3 is 20.3 Å². The van der Waals surface area contributed by atoms with Gasteiger partial charge in [0.25, 0.3) is 0 Å². The predicted octanol–water partition coefficient (Wildman–Crippen LogP) is -0.260. The van der Waals surface area contributed by atoms with E-state index in [1.54, 1.807) is 14.2 Å². The molecule has 6 nitrogen and oxygen atoms in total. The van der Waals surface area contributed by atoms with Crippen molar-refractivity contribution in [1.29, 1.82) is 0 Å². The highest BCUT2D eigenvalue weighted by molar-refractivity contribution is 5.87. The van der Waals surface area contributed by atoms with Crippen LogP contribution in [-0.2, 0) is 14.3 Å². The maximum absolute atomic E-state index is 12.1. The van der Waals surface area contributed by atoms with Crippen LogP contribution in [0.3, 0.4) is 0 Å². The second-order valence-electron chi connectivity index (χ2n) is 4.89. The van der Waals surface area contributed by atoms with Crippen LogP contribution in [0.5, 0.6) is 0 Å². The topological polar surface area (TPSA) is 70.7 Å². The standard InChI is InChI=1S/C13H25N3O3/c1-16(10-12(17)15-8-5-9-19-2)13(18)11-6-3-4-7-14-11/h11,14H,3-10H2,1-2H3,(H,15,17)/t11-/m1/s1. The number of ether oxygens (including phenoxy) is 1. The Kier molecular flexibility index (Phi) is 7.43. The Bertz CT molecular complexity index is 291. The fourth-order valence-electron chi connectivity index (χ4n) is 2.12. The Hall–Kier alpha value is -1.14. The molecule has 1 heterocycles. The van der Waals surface area contributed by atoms with Crippen LogP contribution in [0.2, 0.25) is 0 Å². The Morgan fingerprint density at radius 1 is 1.42 bits per heavy atom. The van der Waals surface area contributed by atoms with Crippen molar-refractivity contribution in [2.45, 2.75) is 31.7 Å². The molecule has 0 aromatic rings. The normalized spacial score (nSPS) is 18.9. The maximum atomic E-state index is 12.1. The molecule has 6 heteroatoms. The van der Waals surface area contributed by atoms with Crippen molar-refractivity contribution in [3.63, 3.8) is 0 Å². The third-order valence-electron chi connectivity index (χ3n) is 3.21. The van der Waals surface area contributed by atoms with Crippen LogP contribution in [0.15, 0.2) is 0 Å². The first-order valence-electron chi connectivity index (χ1n) is 6.89. The predicted molar refractivity (Wildman–Crippen MR) is 72.8 cm³/mol. The van der Waals surface area contributed by atoms with Crippen LogP contribution in [0.1, 0.15) is 25.7 Å². The molecule has 0 unspecified atom stereocenters. The van der Waals surface area contributed by atoms with Gasteiger partial charge in [0.05, 0.1) is 12.6 Å². The summed E-state index contributed by atoms with van der Waals surface area (Å²) in [6.45, 7) is 2.20. The lowest BCUT2D eigenvalue weighted by Crippen LogP contribution is -2.49. The minimum absolute atomic E-state index is 0.00624. The second-order valence-corrected chi connectivity index (χ2v) is 4.89. The van der Waals surface area contributed by atoms with E-state index >= 15 is 0 Å². The molecule has 0 aliphatic carbocycles. The number of amides is 2. The van der Waals surface area contributed by atoms with E-state index in [1.165, 1.54) is 4.90 Å². The van der Waals surface area contributed by atoms with Crippen molar-refractivity contribution in [3.05, 3.63) is 0 Å². The summed E-state index contributed by atoms with van der Waals surface area (Å²) in [5, 5.41) is 5.97. The second kappa shape index (κ2) is 8.87. The highest BCUT2D eigenvalue weighted by Gasteiger charge is 2.24. The van der Waals surface area contributed by atoms with Gasteiger partial charge in [0, 0.05) is 27.3 Å². The number of carbonyl (C=O) groups is 2. The van der Waals surface area contributed by atoms with E-state index in [2.05, 4.69) is 10.6 Å². The third kappa shape index (κ3) is 6.02. The molecule has 2 amide bonds. The van der Waals surface area contributed by atoms with Crippen LogP contribution in [0.25, 0.3) is 0 Å². The van der Waals surface area contributed by atoms with E-state index in [1.807, 2.05) is 0 Å². The maximum Gasteiger partial charge on any atom is 0.239 e. The average molecular weight is 271 g/mol. The molecule has 110 valence electrons. The minimum Gasteiger partial charge on any atom is -0.385 e. The lowest BCUT2D eigenvalue weighted by atomic mass is 10.0. The molecule has 1 fully saturated rings. The summed E-state index contributed by atoms with van der Waals surface area (Å²) in [4.78, 5) is 25.2. The summed E-state index contributed by atoms with van der Waals surface area (Å²) >= 11 is 0. The molecule has 1 aliphatic heterocycles. The fraction of sp³-hybridized carbons (Fsp3) is 0.846. The largest absolute Gasteiger partial charge is 0.385 e. The number of nitrogens with zero attached hydrogens (tertiary/aromatic N) is 1. The summed E-state index contributed by atoms with van der Waals surface area (Å²) in [6.07, 6.45) is 3.83. The molecular formula is C13H25N3O3. The average Bonchev–Trinajstić information content (AvgIpc) is 2.43. The van der Waals surface area contributed by atoms with Gasteiger partial charge in [-0.25, -0.2) is 0 Å². The van der Waals surface area contributed by atoms with Gasteiger partial charge >= 0.3 is 0 Å². The Morgan fingerprint density at radius 2 is 2.21 bits per heavy atom. The summed E-state index contributed by atoms with van der Waals surface area (Å²) < 4.78 is 4.90. The first-order chi connectivity index (χ1) is 9.15. The van der Waals surface area contributed by atoms with E-state index in [-0.39, 0.29) is 24.4 Å². The number of methoxy groups -OCH3 is 1. The smallest absolute Gasteiger partial charge is 0.239 e. The number of piperidine rings is 1. The minimum atomic E-state index is -0.125. The Morgan fingerprint density at radius 3 is 2.84 bits per heavy atom. The van der Waals surface area contributed by atoms with Gasteiger partial charge in [-0.2, -0.15) is 0 Å². The number of hydrogen-bond donors (Lipinski definition) is 2. The zero-order chi connectivity index (χ0) is 14.1. The zero-order valence-corrected chi connectivity index (χ0v) is 11.9. The lowest BCUT2D eigenvalue weighted by molar-refractivity contribution is -0.136. The van der Waals surface area contributed by atoms with Gasteiger partial charge in [-0.1, -0.05) is 6.42 Å². The monoisotopic (exact) mass is 271 g/mol. The van der Waals surface area contributed by atoms with Gasteiger partial charge in [0.1, 0.15) is 0 Å². The van der Waals surface area contributed by atoms with E-state index in [4.69, 9.17) is 4.74 Å². The highest BCUT2D eigenvalue weighted by atomic mass is 16.5. The number of likely N-dealkylation sites (N-methyl/N-ethyl adjacent to an activating group) is 1. The summed E-state index contributed by atoms with van der Waals surface area (Å²) in [5.74, 6) is -0.116. The van der Waals surface area contributed by atoms with Crippen molar-refractivity contribution in [2.75, 3.05) is 40.4 Å². The first kappa shape index (κ1) is 15.9. The lowest BCUT2D eigenvalue weighted by Gasteiger charge is -2.27. The zero-order valence-electron chi connectivity index (χ0n) is 11.9. The molecule has 0 aromatic heterocycles. The van der Waals surface area contributed by atoms with Crippen molar-refractivity contribution >= 4 is 11.8 Å². The molecule has 0 saturated carbocycles. The van der Waals surface area contributed by atoms with E-state index in [0.29, 0.717) is 13.2 Å². The Labute approximate surface area is 114 Å². The first-order valence-corrected chi connectivity index (χ1v) is 6.89. The number of nitrogens with one attached hydrogen (secondary N) is 2. The summed E-state index contributed by atoms with van der Waals surface area (Å²) in [6, 6.07) is -0.125. The van der Waals surface area contributed by atoms with Gasteiger partial charge in [0.2, 0.25) is 11.8 Å². The molecular weight excluding hydrogens is 246 g/mol. The van der Waals surface area contributed by atoms with Crippen molar-refractivity contribution in [3.8, 4) is 0 Å². The molecule has 2 N–H and O–H groups in total. The van der Waals surface area contributed by atoms with E-state index in [0.717, 1.165) is 32.2 Å². The summed E-state index contributed by atoms with van der Waals surface area (Å²) in [7, 11) is 3.30. The number of hydrogen-bond acceptors (Lipinski definition) is 4. The number of rotatable bonds is 7. The molecule has 19 heavy (non-hydrogen) atoms. The van der Waals surface area contributed by atoms with Crippen molar-refractivity contribution < 1.29 is 14.3 Å². The third-order valence-corrected chi connectivity index (χ3v) is 3.21. The molecule has 0 bridgehead atoms. The van der Waals surface area contributed by atoms with Crippen LogP contribution in [-0.4, -0.2) is 63.2 Å². The SMILES string of the molecule is COCCCNC(=O)CN(C)C(=O)[C@H]1CCCCN1. The molecule has 1 aliphatic rings. The quantitative estimate of drug-likeness (QED) is 0.626. The van der Waals surface area contributed by atoms with E-state index < -0.39 is 0 Å². The van der Waals surface area contributed by atoms with Crippen LogP contribution < -0.4 is 10.6 Å². The molecule has 0 spiro atoms.